The van der Waals surface area contributed by atoms with Gasteiger partial charge in [0, 0.05) is 25.2 Å². The second-order valence-corrected chi connectivity index (χ2v) is 8.39. The van der Waals surface area contributed by atoms with E-state index in [9.17, 15) is 13.2 Å². The number of halogens is 1. The molecule has 0 heterocycles. The first-order chi connectivity index (χ1) is 12.9. The number of sulfonamides is 1. The highest BCUT2D eigenvalue weighted by Gasteiger charge is 2.22. The van der Waals surface area contributed by atoms with E-state index in [0.29, 0.717) is 18.7 Å². The third-order valence-electron chi connectivity index (χ3n) is 4.05. The number of hydrogen-bond donors (Lipinski definition) is 1. The number of benzene rings is 2. The Hall–Kier alpha value is -1.89. The van der Waals surface area contributed by atoms with E-state index in [1.165, 1.54) is 12.1 Å². The summed E-state index contributed by atoms with van der Waals surface area (Å²) in [6.45, 7) is 5.41. The van der Waals surface area contributed by atoms with Gasteiger partial charge in [0.1, 0.15) is 4.90 Å². The summed E-state index contributed by atoms with van der Waals surface area (Å²) in [7, 11) is -3.85. The van der Waals surface area contributed by atoms with Crippen molar-refractivity contribution >= 4 is 27.5 Å². The van der Waals surface area contributed by atoms with Crippen LogP contribution in [0.3, 0.4) is 0 Å². The van der Waals surface area contributed by atoms with Crippen LogP contribution in [0.5, 0.6) is 0 Å². The molecule has 2 aromatic rings. The van der Waals surface area contributed by atoms with Gasteiger partial charge in [0.25, 0.3) is 5.91 Å². The van der Waals surface area contributed by atoms with Gasteiger partial charge in [-0.2, -0.15) is 0 Å². The summed E-state index contributed by atoms with van der Waals surface area (Å²) in [6.07, 6.45) is 1.67. The maximum absolute atomic E-state index is 12.8. The molecule has 0 saturated carbocycles. The number of carbonyl (C=O) groups excluding carboxylic acids is 1. The molecule has 0 aromatic heterocycles. The van der Waals surface area contributed by atoms with Crippen molar-refractivity contribution in [3.8, 4) is 0 Å². The van der Waals surface area contributed by atoms with E-state index in [-0.39, 0.29) is 22.4 Å². The van der Waals surface area contributed by atoms with Crippen molar-refractivity contribution in [1.29, 1.82) is 0 Å². The lowest BCUT2D eigenvalue weighted by Crippen LogP contribution is -2.32. The van der Waals surface area contributed by atoms with Gasteiger partial charge in [0.15, 0.2) is 0 Å². The highest BCUT2D eigenvalue weighted by Crippen LogP contribution is 2.24. The van der Waals surface area contributed by atoms with E-state index < -0.39 is 10.0 Å². The smallest absolute Gasteiger partial charge is 0.253 e. The van der Waals surface area contributed by atoms with Gasteiger partial charge in [-0.25, -0.2) is 13.1 Å². The third kappa shape index (κ3) is 5.79. The predicted molar refractivity (Wildman–Crippen MR) is 108 cm³/mol. The Morgan fingerprint density at radius 2 is 1.67 bits per heavy atom. The lowest BCUT2D eigenvalue weighted by molar-refractivity contribution is 0.0755. The maximum atomic E-state index is 12.8. The van der Waals surface area contributed by atoms with Crippen LogP contribution in [0.1, 0.15) is 42.6 Å². The molecular weight excluding hydrogens is 384 g/mol. The number of hydrogen-bond acceptors (Lipinski definition) is 3. The second kappa shape index (κ2) is 9.88. The highest BCUT2D eigenvalue weighted by molar-refractivity contribution is 7.89. The molecule has 0 aliphatic rings. The quantitative estimate of drug-likeness (QED) is 0.679. The van der Waals surface area contributed by atoms with E-state index >= 15 is 0 Å². The second-order valence-electron chi connectivity index (χ2n) is 6.25. The van der Waals surface area contributed by atoms with E-state index in [1.807, 2.05) is 44.2 Å². The van der Waals surface area contributed by atoms with E-state index in [0.717, 1.165) is 18.4 Å². The van der Waals surface area contributed by atoms with E-state index in [1.54, 1.807) is 11.0 Å². The fourth-order valence-electron chi connectivity index (χ4n) is 2.73. The van der Waals surface area contributed by atoms with Gasteiger partial charge in [-0.3, -0.25) is 4.79 Å². The largest absolute Gasteiger partial charge is 0.339 e. The lowest BCUT2D eigenvalue weighted by atomic mass is 10.2. The molecule has 146 valence electrons. The van der Waals surface area contributed by atoms with Gasteiger partial charge < -0.3 is 4.90 Å². The third-order valence-corrected chi connectivity index (χ3v) is 5.93. The van der Waals surface area contributed by atoms with Crippen LogP contribution in [0.15, 0.2) is 53.4 Å². The van der Waals surface area contributed by atoms with Gasteiger partial charge in [0.05, 0.1) is 5.02 Å². The molecule has 27 heavy (non-hydrogen) atoms. The van der Waals surface area contributed by atoms with Crippen LogP contribution in [0.25, 0.3) is 0 Å². The summed E-state index contributed by atoms with van der Waals surface area (Å²) in [6, 6.07) is 13.6. The zero-order chi connectivity index (χ0) is 19.9. The Morgan fingerprint density at radius 3 is 2.26 bits per heavy atom. The van der Waals surface area contributed by atoms with Crippen molar-refractivity contribution in [3.63, 3.8) is 0 Å². The van der Waals surface area contributed by atoms with Gasteiger partial charge in [-0.05, 0) is 36.6 Å². The molecule has 0 aliphatic heterocycles. The molecule has 1 amide bonds. The van der Waals surface area contributed by atoms with Crippen molar-refractivity contribution in [2.24, 2.45) is 0 Å². The number of carbonyl (C=O) groups is 1. The van der Waals surface area contributed by atoms with Crippen molar-refractivity contribution in [3.05, 3.63) is 64.7 Å². The fraction of sp³-hybridized carbons (Fsp3) is 0.350. The van der Waals surface area contributed by atoms with Crippen molar-refractivity contribution < 1.29 is 13.2 Å². The van der Waals surface area contributed by atoms with Crippen molar-refractivity contribution in [1.82, 2.24) is 9.62 Å². The lowest BCUT2D eigenvalue weighted by Gasteiger charge is -2.22. The Bertz CT molecular complexity index is 864. The number of rotatable bonds is 9. The molecule has 2 aromatic carbocycles. The Kier molecular flexibility index (Phi) is 7.83. The summed E-state index contributed by atoms with van der Waals surface area (Å²) < 4.78 is 27.9. The molecular formula is C20H25ClN2O3S. The first-order valence-electron chi connectivity index (χ1n) is 9.01. The van der Waals surface area contributed by atoms with Crippen molar-refractivity contribution in [2.75, 3.05) is 13.1 Å². The zero-order valence-corrected chi connectivity index (χ0v) is 17.2. The topological polar surface area (TPSA) is 66.5 Å². The zero-order valence-electron chi connectivity index (χ0n) is 15.6. The SMILES string of the molecule is CCCN(CCC)C(=O)c1ccc(Cl)c(S(=O)(=O)NCc2ccccc2)c1. The van der Waals surface area contributed by atoms with Gasteiger partial charge in [0.2, 0.25) is 10.0 Å². The molecule has 0 atom stereocenters. The number of amides is 1. The number of nitrogens with zero attached hydrogens (tertiary/aromatic N) is 1. The fourth-order valence-corrected chi connectivity index (χ4v) is 4.27. The first-order valence-corrected chi connectivity index (χ1v) is 10.9. The molecule has 0 unspecified atom stereocenters. The van der Waals surface area contributed by atoms with Gasteiger partial charge >= 0.3 is 0 Å². The molecule has 7 heteroatoms. The summed E-state index contributed by atoms with van der Waals surface area (Å²) in [5.74, 6) is -0.185. The van der Waals surface area contributed by atoms with Crippen LogP contribution in [0, 0.1) is 0 Å². The molecule has 0 bridgehead atoms. The summed E-state index contributed by atoms with van der Waals surface area (Å²) >= 11 is 6.12. The normalized spacial score (nSPS) is 11.4. The minimum absolute atomic E-state index is 0.0844. The average molecular weight is 409 g/mol. The van der Waals surface area contributed by atoms with E-state index in [4.69, 9.17) is 11.6 Å². The predicted octanol–water partition coefficient (Wildman–Crippen LogP) is 4.08. The van der Waals surface area contributed by atoms with Crippen molar-refractivity contribution in [2.45, 2.75) is 38.1 Å². The Labute approximate surface area is 166 Å². The van der Waals surface area contributed by atoms with Crippen LogP contribution in [0.4, 0.5) is 0 Å². The van der Waals surface area contributed by atoms with Crippen LogP contribution >= 0.6 is 11.6 Å². The molecule has 0 saturated heterocycles. The van der Waals surface area contributed by atoms with E-state index in [2.05, 4.69) is 4.72 Å². The minimum Gasteiger partial charge on any atom is -0.339 e. The molecule has 0 radical (unpaired) electrons. The average Bonchev–Trinajstić information content (AvgIpc) is 2.67. The standard InChI is InChI=1S/C20H25ClN2O3S/c1-3-12-23(13-4-2)20(24)17-10-11-18(21)19(14-17)27(25,26)22-15-16-8-6-5-7-9-16/h5-11,14,22H,3-4,12-13,15H2,1-2H3. The molecule has 0 spiro atoms. The molecule has 5 nitrogen and oxygen atoms in total. The minimum atomic E-state index is -3.85. The monoisotopic (exact) mass is 408 g/mol. The van der Waals surface area contributed by atoms with Gasteiger partial charge in [-0.1, -0.05) is 55.8 Å². The summed E-state index contributed by atoms with van der Waals surface area (Å²) in [5.41, 5.74) is 1.16. The molecule has 0 fully saturated rings. The van der Waals surface area contributed by atoms with Crippen LogP contribution in [-0.4, -0.2) is 32.3 Å². The highest BCUT2D eigenvalue weighted by atomic mass is 35.5. The Balaban J connectivity index is 2.26. The molecule has 1 N–H and O–H groups in total. The van der Waals surface area contributed by atoms with Crippen LogP contribution in [0.2, 0.25) is 5.02 Å². The number of nitrogens with one attached hydrogen (secondary N) is 1. The Morgan fingerprint density at radius 1 is 1.04 bits per heavy atom. The summed E-state index contributed by atoms with van der Waals surface area (Å²) in [4.78, 5) is 14.4. The first kappa shape index (κ1) is 21.4. The molecule has 0 aliphatic carbocycles. The van der Waals surface area contributed by atoms with Crippen LogP contribution in [-0.2, 0) is 16.6 Å². The van der Waals surface area contributed by atoms with Crippen LogP contribution < -0.4 is 4.72 Å². The summed E-state index contributed by atoms with van der Waals surface area (Å²) in [5, 5.41) is 0.0876. The maximum Gasteiger partial charge on any atom is 0.253 e. The molecule has 2 rings (SSSR count). The van der Waals surface area contributed by atoms with Gasteiger partial charge in [-0.15, -0.1) is 0 Å².